The zero-order chi connectivity index (χ0) is 17.5. The lowest BCUT2D eigenvalue weighted by molar-refractivity contribution is -0.132. The van der Waals surface area contributed by atoms with E-state index >= 15 is 0 Å². The third-order valence-electron chi connectivity index (χ3n) is 3.49. The van der Waals surface area contributed by atoms with E-state index in [0.29, 0.717) is 23.7 Å². The van der Waals surface area contributed by atoms with E-state index in [1.807, 2.05) is 0 Å². The van der Waals surface area contributed by atoms with Crippen LogP contribution in [0, 0.1) is 5.82 Å². The van der Waals surface area contributed by atoms with E-state index in [0.717, 1.165) is 5.56 Å². The maximum Gasteiger partial charge on any atom is 0.243 e. The molecule has 2 rings (SSSR count). The number of amides is 2. The van der Waals surface area contributed by atoms with Crippen LogP contribution >= 0.6 is 11.6 Å². The zero-order valence-electron chi connectivity index (χ0n) is 13.3. The molecule has 1 N–H and O–H groups in total. The van der Waals surface area contributed by atoms with E-state index < -0.39 is 0 Å². The number of benzene rings is 2. The van der Waals surface area contributed by atoms with Gasteiger partial charge in [-0.2, -0.15) is 0 Å². The molecule has 0 fully saturated rings. The largest absolute Gasteiger partial charge is 0.333 e. The smallest absolute Gasteiger partial charge is 0.243 e. The quantitative estimate of drug-likeness (QED) is 0.868. The van der Waals surface area contributed by atoms with Crippen molar-refractivity contribution in [3.8, 4) is 0 Å². The van der Waals surface area contributed by atoms with E-state index in [1.165, 1.54) is 24.0 Å². The van der Waals surface area contributed by atoms with Crippen LogP contribution in [0.25, 0.3) is 0 Å². The Labute approximate surface area is 145 Å². The average molecular weight is 349 g/mol. The summed E-state index contributed by atoms with van der Waals surface area (Å²) in [6.07, 6.45) is 0.550. The first-order valence-corrected chi connectivity index (χ1v) is 7.87. The van der Waals surface area contributed by atoms with E-state index in [1.54, 1.807) is 36.4 Å². The van der Waals surface area contributed by atoms with Crippen molar-refractivity contribution in [2.24, 2.45) is 0 Å². The van der Waals surface area contributed by atoms with Crippen LogP contribution in [0.15, 0.2) is 48.5 Å². The van der Waals surface area contributed by atoms with Gasteiger partial charge < -0.3 is 10.2 Å². The van der Waals surface area contributed by atoms with Gasteiger partial charge in [0.2, 0.25) is 11.8 Å². The molecule has 24 heavy (non-hydrogen) atoms. The van der Waals surface area contributed by atoms with Gasteiger partial charge >= 0.3 is 0 Å². The molecule has 0 saturated heterocycles. The number of hydrogen-bond acceptors (Lipinski definition) is 2. The summed E-state index contributed by atoms with van der Waals surface area (Å²) in [5.74, 6) is -0.778. The molecule has 6 heteroatoms. The molecule has 2 amide bonds. The van der Waals surface area contributed by atoms with Gasteiger partial charge in [0.05, 0.1) is 6.54 Å². The first-order valence-electron chi connectivity index (χ1n) is 7.49. The van der Waals surface area contributed by atoms with Crippen molar-refractivity contribution >= 4 is 29.1 Å². The lowest BCUT2D eigenvalue weighted by Gasteiger charge is -2.20. The molecule has 0 radical (unpaired) electrons. The highest BCUT2D eigenvalue weighted by atomic mass is 35.5. The minimum atomic E-state index is -0.301. The van der Waals surface area contributed by atoms with E-state index in [4.69, 9.17) is 11.6 Å². The summed E-state index contributed by atoms with van der Waals surface area (Å²) in [7, 11) is 0. The number of hydrogen-bond donors (Lipinski definition) is 1. The zero-order valence-corrected chi connectivity index (χ0v) is 14.0. The van der Waals surface area contributed by atoms with Crippen molar-refractivity contribution in [3.63, 3.8) is 0 Å². The number of anilines is 1. The lowest BCUT2D eigenvalue weighted by atomic mass is 10.1. The predicted molar refractivity (Wildman–Crippen MR) is 92.4 cm³/mol. The Bertz CT molecular complexity index is 702. The van der Waals surface area contributed by atoms with Gasteiger partial charge in [-0.15, -0.1) is 0 Å². The number of nitrogens with one attached hydrogen (secondary N) is 1. The van der Waals surface area contributed by atoms with Crippen LogP contribution in [0.3, 0.4) is 0 Å². The van der Waals surface area contributed by atoms with E-state index in [9.17, 15) is 14.0 Å². The highest BCUT2D eigenvalue weighted by Gasteiger charge is 2.14. The Morgan fingerprint density at radius 1 is 1.08 bits per heavy atom. The van der Waals surface area contributed by atoms with Crippen LogP contribution < -0.4 is 5.32 Å². The molecule has 0 heterocycles. The molecule has 2 aromatic rings. The molecule has 0 bridgehead atoms. The SMILES string of the molecule is CC(=O)N(CCc1ccc(F)cc1)CC(=O)Nc1ccc(Cl)cc1. The fraction of sp³-hybridized carbons (Fsp3) is 0.222. The fourth-order valence-electron chi connectivity index (χ4n) is 2.17. The van der Waals surface area contributed by atoms with Crippen molar-refractivity contribution in [2.75, 3.05) is 18.4 Å². The molecule has 0 aliphatic rings. The molecule has 0 aromatic heterocycles. The molecule has 2 aromatic carbocycles. The standard InChI is InChI=1S/C18H18ClFN2O2/c1-13(23)22(11-10-14-2-6-16(20)7-3-14)12-18(24)21-17-8-4-15(19)5-9-17/h2-9H,10-12H2,1H3,(H,21,24). The van der Waals surface area contributed by atoms with E-state index in [2.05, 4.69) is 5.32 Å². The maximum atomic E-state index is 12.9. The van der Waals surface area contributed by atoms with Gasteiger partial charge in [0.15, 0.2) is 0 Å². The van der Waals surface area contributed by atoms with Crippen LogP contribution in [-0.4, -0.2) is 29.8 Å². The summed E-state index contributed by atoms with van der Waals surface area (Å²) in [5.41, 5.74) is 1.52. The lowest BCUT2D eigenvalue weighted by Crippen LogP contribution is -2.38. The molecule has 0 aliphatic carbocycles. The van der Waals surface area contributed by atoms with Gasteiger partial charge in [-0.1, -0.05) is 23.7 Å². The third-order valence-corrected chi connectivity index (χ3v) is 3.74. The van der Waals surface area contributed by atoms with Gasteiger partial charge in [0, 0.05) is 24.2 Å². The molecule has 0 spiro atoms. The van der Waals surface area contributed by atoms with Crippen LogP contribution in [0.5, 0.6) is 0 Å². The molecular weight excluding hydrogens is 331 g/mol. The van der Waals surface area contributed by atoms with Crippen LogP contribution in [0.4, 0.5) is 10.1 Å². The summed E-state index contributed by atoms with van der Waals surface area (Å²) < 4.78 is 12.9. The molecule has 4 nitrogen and oxygen atoms in total. The first-order chi connectivity index (χ1) is 11.4. The Kier molecular flexibility index (Phi) is 6.32. The first kappa shape index (κ1) is 17.9. The summed E-state index contributed by atoms with van der Waals surface area (Å²) in [4.78, 5) is 25.3. The Hall–Kier alpha value is -2.40. The predicted octanol–water partition coefficient (Wildman–Crippen LogP) is 3.51. The maximum absolute atomic E-state index is 12.9. The summed E-state index contributed by atoms with van der Waals surface area (Å²) in [5, 5.41) is 3.30. The normalized spacial score (nSPS) is 10.3. The highest BCUT2D eigenvalue weighted by Crippen LogP contribution is 2.13. The van der Waals surface area contributed by atoms with Crippen LogP contribution in [0.2, 0.25) is 5.02 Å². The van der Waals surface area contributed by atoms with E-state index in [-0.39, 0.29) is 24.2 Å². The van der Waals surface area contributed by atoms with Gasteiger partial charge in [-0.05, 0) is 48.4 Å². The van der Waals surface area contributed by atoms with Gasteiger partial charge in [0.1, 0.15) is 5.82 Å². The Morgan fingerprint density at radius 2 is 1.71 bits per heavy atom. The Balaban J connectivity index is 1.90. The van der Waals surface area contributed by atoms with Gasteiger partial charge in [-0.3, -0.25) is 9.59 Å². The summed E-state index contributed by atoms with van der Waals surface area (Å²) >= 11 is 5.79. The van der Waals surface area contributed by atoms with Crippen LogP contribution in [0.1, 0.15) is 12.5 Å². The van der Waals surface area contributed by atoms with Crippen molar-refractivity contribution in [2.45, 2.75) is 13.3 Å². The van der Waals surface area contributed by atoms with Gasteiger partial charge in [-0.25, -0.2) is 4.39 Å². The molecule has 0 saturated carbocycles. The number of carbonyl (C=O) groups is 2. The third kappa shape index (κ3) is 5.66. The second kappa shape index (κ2) is 8.45. The van der Waals surface area contributed by atoms with Crippen LogP contribution in [-0.2, 0) is 16.0 Å². The van der Waals surface area contributed by atoms with Crippen molar-refractivity contribution in [3.05, 3.63) is 64.9 Å². The molecule has 126 valence electrons. The fourth-order valence-corrected chi connectivity index (χ4v) is 2.30. The van der Waals surface area contributed by atoms with Crippen molar-refractivity contribution in [1.82, 2.24) is 4.90 Å². The monoisotopic (exact) mass is 348 g/mol. The van der Waals surface area contributed by atoms with Crippen molar-refractivity contribution < 1.29 is 14.0 Å². The molecule has 0 unspecified atom stereocenters. The number of halogens is 2. The second-order valence-corrected chi connectivity index (χ2v) is 5.81. The second-order valence-electron chi connectivity index (χ2n) is 5.37. The number of rotatable bonds is 6. The molecule has 0 atom stereocenters. The topological polar surface area (TPSA) is 49.4 Å². The minimum absolute atomic E-state index is 0.0425. The highest BCUT2D eigenvalue weighted by molar-refractivity contribution is 6.30. The molecule has 0 aliphatic heterocycles. The molecular formula is C18H18ClFN2O2. The summed E-state index contributed by atoms with van der Waals surface area (Å²) in [6.45, 7) is 1.76. The average Bonchev–Trinajstić information content (AvgIpc) is 2.55. The summed E-state index contributed by atoms with van der Waals surface area (Å²) in [6, 6.07) is 12.8. The number of carbonyl (C=O) groups excluding carboxylic acids is 2. The van der Waals surface area contributed by atoms with Crippen molar-refractivity contribution in [1.29, 1.82) is 0 Å². The number of nitrogens with zero attached hydrogens (tertiary/aromatic N) is 1. The minimum Gasteiger partial charge on any atom is -0.333 e. The Morgan fingerprint density at radius 3 is 2.29 bits per heavy atom. The van der Waals surface area contributed by atoms with Gasteiger partial charge in [0.25, 0.3) is 0 Å².